The van der Waals surface area contributed by atoms with Gasteiger partial charge in [0, 0.05) is 15.4 Å². The van der Waals surface area contributed by atoms with Gasteiger partial charge in [-0.1, -0.05) is 41.1 Å². The molecule has 2 unspecified atom stereocenters. The summed E-state index contributed by atoms with van der Waals surface area (Å²) in [4.78, 5) is 4.13. The number of hydrogen-bond donors (Lipinski definition) is 1. The maximum absolute atomic E-state index is 9.56. The molecule has 2 rings (SSSR count). The summed E-state index contributed by atoms with van der Waals surface area (Å²) in [6.45, 7) is 4.44. The van der Waals surface area contributed by atoms with Crippen LogP contribution in [0.5, 0.6) is 5.75 Å². The van der Waals surface area contributed by atoms with E-state index in [2.05, 4.69) is 34.5 Å². The molecule has 0 aromatic carbocycles. The van der Waals surface area contributed by atoms with Gasteiger partial charge in [0.05, 0.1) is 18.4 Å². The SMILES string of the molecule is CC(O)c1cc2c(c(Cl)n1)OCC2(C)CI. The molecule has 1 N–H and O–H groups in total. The van der Waals surface area contributed by atoms with E-state index >= 15 is 0 Å². The predicted molar refractivity (Wildman–Crippen MR) is 71.6 cm³/mol. The molecule has 1 aliphatic heterocycles. The van der Waals surface area contributed by atoms with Crippen LogP contribution in [0.2, 0.25) is 5.15 Å². The van der Waals surface area contributed by atoms with E-state index in [9.17, 15) is 5.11 Å². The molecule has 2 heterocycles. The summed E-state index contributed by atoms with van der Waals surface area (Å²) in [6.07, 6.45) is -0.609. The van der Waals surface area contributed by atoms with Gasteiger partial charge >= 0.3 is 0 Å². The van der Waals surface area contributed by atoms with Crippen molar-refractivity contribution in [1.29, 1.82) is 0 Å². The fourth-order valence-electron chi connectivity index (χ4n) is 1.74. The van der Waals surface area contributed by atoms with Crippen molar-refractivity contribution in [3.63, 3.8) is 0 Å². The Kier molecular flexibility index (Phi) is 3.34. The lowest BCUT2D eigenvalue weighted by Gasteiger charge is -2.19. The second-order valence-electron chi connectivity index (χ2n) is 4.37. The molecule has 1 aliphatic rings. The third-order valence-corrected chi connectivity index (χ3v) is 4.80. The number of ether oxygens (including phenoxy) is 1. The minimum absolute atomic E-state index is 0.0356. The molecule has 1 aromatic rings. The summed E-state index contributed by atoms with van der Waals surface area (Å²) in [5.41, 5.74) is 1.62. The molecule has 0 bridgehead atoms. The minimum atomic E-state index is -0.609. The number of pyridine rings is 1. The fraction of sp³-hybridized carbons (Fsp3) is 0.545. The quantitative estimate of drug-likeness (QED) is 0.505. The van der Waals surface area contributed by atoms with E-state index < -0.39 is 6.10 Å². The molecule has 3 nitrogen and oxygen atoms in total. The van der Waals surface area contributed by atoms with Crippen LogP contribution in [0, 0.1) is 0 Å². The molecule has 1 aromatic heterocycles. The average Bonchev–Trinajstić information content (AvgIpc) is 2.58. The predicted octanol–water partition coefficient (Wildman–Crippen LogP) is 2.87. The van der Waals surface area contributed by atoms with Crippen LogP contribution in [-0.4, -0.2) is 21.1 Å². The Balaban J connectivity index is 2.57. The maximum atomic E-state index is 9.56. The highest BCUT2D eigenvalue weighted by atomic mass is 127. The first-order valence-corrected chi connectivity index (χ1v) is 6.96. The van der Waals surface area contributed by atoms with Crippen LogP contribution in [0.3, 0.4) is 0 Å². The number of halogens is 2. The molecule has 16 heavy (non-hydrogen) atoms. The minimum Gasteiger partial charge on any atom is -0.489 e. The summed E-state index contributed by atoms with van der Waals surface area (Å²) in [6, 6.07) is 1.90. The van der Waals surface area contributed by atoms with Gasteiger partial charge in [0.25, 0.3) is 0 Å². The smallest absolute Gasteiger partial charge is 0.171 e. The second-order valence-corrected chi connectivity index (χ2v) is 5.49. The highest BCUT2D eigenvalue weighted by Gasteiger charge is 2.37. The molecular formula is C11H13ClINO2. The monoisotopic (exact) mass is 353 g/mol. The standard InChI is InChI=1S/C11H13ClINO2/c1-6(15)8-3-7-9(10(12)14-8)16-5-11(7,2)4-13/h3,6,15H,4-5H2,1-2H3. The first-order chi connectivity index (χ1) is 7.48. The highest BCUT2D eigenvalue weighted by Crippen LogP contribution is 2.44. The lowest BCUT2D eigenvalue weighted by atomic mass is 9.87. The van der Waals surface area contributed by atoms with Crippen molar-refractivity contribution in [3.05, 3.63) is 22.5 Å². The van der Waals surface area contributed by atoms with Crippen LogP contribution in [0.4, 0.5) is 0 Å². The summed E-state index contributed by atoms with van der Waals surface area (Å²) in [5, 5.41) is 9.91. The van der Waals surface area contributed by atoms with Gasteiger partial charge in [0.1, 0.15) is 0 Å². The molecule has 5 heteroatoms. The number of aliphatic hydroxyl groups excluding tert-OH is 1. The summed E-state index contributed by atoms with van der Waals surface area (Å²) in [5.74, 6) is 0.672. The van der Waals surface area contributed by atoms with Gasteiger partial charge in [-0.25, -0.2) is 4.98 Å². The third kappa shape index (κ3) is 1.91. The van der Waals surface area contributed by atoms with Crippen molar-refractivity contribution in [3.8, 4) is 5.75 Å². The van der Waals surface area contributed by atoms with Crippen LogP contribution in [-0.2, 0) is 5.41 Å². The Labute approximate surface area is 113 Å². The number of aliphatic hydroxyl groups is 1. The number of fused-ring (bicyclic) bond motifs is 1. The number of nitrogens with zero attached hydrogens (tertiary/aromatic N) is 1. The van der Waals surface area contributed by atoms with Gasteiger partial charge in [0.15, 0.2) is 10.9 Å². The van der Waals surface area contributed by atoms with Crippen molar-refractivity contribution in [2.24, 2.45) is 0 Å². The molecule has 0 aliphatic carbocycles. The van der Waals surface area contributed by atoms with E-state index in [0.29, 0.717) is 23.2 Å². The first kappa shape index (κ1) is 12.4. The Morgan fingerprint density at radius 3 is 3.00 bits per heavy atom. The topological polar surface area (TPSA) is 42.4 Å². The zero-order chi connectivity index (χ0) is 11.9. The molecule has 0 saturated carbocycles. The number of hydrogen-bond acceptors (Lipinski definition) is 3. The number of aromatic nitrogens is 1. The van der Waals surface area contributed by atoms with Gasteiger partial charge in [-0.15, -0.1) is 0 Å². The van der Waals surface area contributed by atoms with Crippen molar-refractivity contribution < 1.29 is 9.84 Å². The first-order valence-electron chi connectivity index (χ1n) is 5.05. The van der Waals surface area contributed by atoms with E-state index in [0.717, 1.165) is 9.99 Å². The zero-order valence-electron chi connectivity index (χ0n) is 9.13. The molecule has 0 fully saturated rings. The highest BCUT2D eigenvalue weighted by molar-refractivity contribution is 14.1. The van der Waals surface area contributed by atoms with Crippen LogP contribution >= 0.6 is 34.2 Å². The van der Waals surface area contributed by atoms with Gasteiger partial charge in [-0.05, 0) is 13.0 Å². The van der Waals surface area contributed by atoms with Crippen LogP contribution in [0.1, 0.15) is 31.2 Å². The van der Waals surface area contributed by atoms with Gasteiger partial charge in [0.2, 0.25) is 0 Å². The normalized spacial score (nSPS) is 25.1. The van der Waals surface area contributed by atoms with Crippen molar-refractivity contribution in [1.82, 2.24) is 4.98 Å². The summed E-state index contributed by atoms with van der Waals surface area (Å²) >= 11 is 8.39. The summed E-state index contributed by atoms with van der Waals surface area (Å²) in [7, 11) is 0. The molecule has 2 atom stereocenters. The van der Waals surface area contributed by atoms with Crippen molar-refractivity contribution in [2.75, 3.05) is 11.0 Å². The lowest BCUT2D eigenvalue weighted by molar-refractivity contribution is 0.194. The van der Waals surface area contributed by atoms with E-state index in [1.54, 1.807) is 6.92 Å². The summed E-state index contributed by atoms with van der Waals surface area (Å²) < 4.78 is 6.53. The zero-order valence-corrected chi connectivity index (χ0v) is 12.0. The Bertz CT molecular complexity index is 425. The largest absolute Gasteiger partial charge is 0.489 e. The van der Waals surface area contributed by atoms with Crippen LogP contribution in [0.15, 0.2) is 6.07 Å². The number of alkyl halides is 1. The third-order valence-electron chi connectivity index (χ3n) is 2.86. The van der Waals surface area contributed by atoms with Crippen LogP contribution < -0.4 is 4.74 Å². The van der Waals surface area contributed by atoms with Gasteiger partial charge < -0.3 is 9.84 Å². The Morgan fingerprint density at radius 1 is 1.75 bits per heavy atom. The van der Waals surface area contributed by atoms with Crippen molar-refractivity contribution in [2.45, 2.75) is 25.4 Å². The Hall–Kier alpha value is -0.0700. The lowest BCUT2D eigenvalue weighted by Crippen LogP contribution is -2.25. The molecule has 88 valence electrons. The maximum Gasteiger partial charge on any atom is 0.171 e. The van der Waals surface area contributed by atoms with E-state index in [4.69, 9.17) is 16.3 Å². The molecule has 0 saturated heterocycles. The van der Waals surface area contributed by atoms with Crippen LogP contribution in [0.25, 0.3) is 0 Å². The van der Waals surface area contributed by atoms with Gasteiger partial charge in [-0.3, -0.25) is 0 Å². The molecular weight excluding hydrogens is 340 g/mol. The molecule has 0 amide bonds. The van der Waals surface area contributed by atoms with E-state index in [-0.39, 0.29) is 5.41 Å². The Morgan fingerprint density at radius 2 is 2.44 bits per heavy atom. The number of rotatable bonds is 2. The van der Waals surface area contributed by atoms with Gasteiger partial charge in [-0.2, -0.15) is 0 Å². The fourth-order valence-corrected chi connectivity index (χ4v) is 2.63. The average molecular weight is 354 g/mol. The van der Waals surface area contributed by atoms with E-state index in [1.807, 2.05) is 6.07 Å². The molecule has 0 radical (unpaired) electrons. The molecule has 0 spiro atoms. The van der Waals surface area contributed by atoms with Crippen molar-refractivity contribution >= 4 is 34.2 Å². The second kappa shape index (κ2) is 4.31. The van der Waals surface area contributed by atoms with E-state index in [1.165, 1.54) is 0 Å².